The van der Waals surface area contributed by atoms with Gasteiger partial charge in [-0.15, -0.1) is 0 Å². The Morgan fingerprint density at radius 2 is 1.96 bits per heavy atom. The van der Waals surface area contributed by atoms with E-state index >= 15 is 0 Å². The fourth-order valence-corrected chi connectivity index (χ4v) is 3.17. The van der Waals surface area contributed by atoms with Crippen LogP contribution in [0.25, 0.3) is 0 Å². The van der Waals surface area contributed by atoms with Crippen LogP contribution in [0.3, 0.4) is 0 Å². The lowest BCUT2D eigenvalue weighted by atomic mass is 10.1. The molecule has 0 N–H and O–H groups in total. The third kappa shape index (κ3) is 4.23. The van der Waals surface area contributed by atoms with E-state index in [9.17, 15) is 18.0 Å². The molecular formula is C15H21BrF3N3O2. The van der Waals surface area contributed by atoms with Gasteiger partial charge in [0, 0.05) is 13.1 Å². The van der Waals surface area contributed by atoms with Crippen LogP contribution in [0.4, 0.5) is 18.0 Å². The number of carbonyl (C=O) groups is 1. The number of amides is 1. The van der Waals surface area contributed by atoms with Gasteiger partial charge >= 0.3 is 12.3 Å². The predicted octanol–water partition coefficient (Wildman–Crippen LogP) is 4.54. The molecule has 0 spiro atoms. The van der Waals surface area contributed by atoms with Crippen molar-refractivity contribution in [1.82, 2.24) is 14.7 Å². The van der Waals surface area contributed by atoms with Gasteiger partial charge in [-0.2, -0.15) is 18.3 Å². The Morgan fingerprint density at radius 1 is 1.33 bits per heavy atom. The second kappa shape index (κ2) is 6.57. The van der Waals surface area contributed by atoms with Crippen molar-refractivity contribution in [2.24, 2.45) is 0 Å². The summed E-state index contributed by atoms with van der Waals surface area (Å²) in [5.41, 5.74) is -1.15. The molecule has 1 aromatic rings. The van der Waals surface area contributed by atoms with Gasteiger partial charge in [0.05, 0.1) is 16.2 Å². The molecule has 0 aromatic carbocycles. The smallest absolute Gasteiger partial charge is 0.436 e. The third-order valence-electron chi connectivity index (χ3n) is 3.74. The highest BCUT2D eigenvalue weighted by Crippen LogP contribution is 2.37. The molecule has 0 radical (unpaired) electrons. The van der Waals surface area contributed by atoms with Crippen molar-refractivity contribution in [3.05, 3.63) is 15.9 Å². The zero-order chi connectivity index (χ0) is 18.3. The minimum absolute atomic E-state index is 0.0515. The molecule has 2 heterocycles. The molecule has 1 aliphatic rings. The summed E-state index contributed by atoms with van der Waals surface area (Å²) in [6.45, 7) is 7.71. The first-order valence-corrected chi connectivity index (χ1v) is 8.49. The molecular weight excluding hydrogens is 391 g/mol. The Hall–Kier alpha value is -1.25. The summed E-state index contributed by atoms with van der Waals surface area (Å²) >= 11 is 2.98. The lowest BCUT2D eigenvalue weighted by molar-refractivity contribution is -0.142. The van der Waals surface area contributed by atoms with Crippen LogP contribution >= 0.6 is 15.9 Å². The van der Waals surface area contributed by atoms with Crippen LogP contribution in [0.2, 0.25) is 0 Å². The first-order valence-electron chi connectivity index (χ1n) is 7.70. The third-order valence-corrected chi connectivity index (χ3v) is 4.69. The molecule has 1 unspecified atom stereocenters. The summed E-state index contributed by atoms with van der Waals surface area (Å²) in [7, 11) is 0. The molecule has 1 aliphatic heterocycles. The van der Waals surface area contributed by atoms with Gasteiger partial charge in [-0.25, -0.2) is 4.79 Å². The number of aromatic nitrogens is 2. The second-order valence-electron chi connectivity index (χ2n) is 6.91. The van der Waals surface area contributed by atoms with Crippen LogP contribution in [0.1, 0.15) is 51.0 Å². The second-order valence-corrected chi connectivity index (χ2v) is 7.71. The SMILES string of the molecule is Cc1c(Br)c(C(F)(F)F)nn1C1CCCN(C(=O)OC(C)(C)C)C1. The number of alkyl halides is 3. The molecule has 136 valence electrons. The fourth-order valence-electron chi connectivity index (χ4n) is 2.68. The largest absolute Gasteiger partial charge is 0.444 e. The summed E-state index contributed by atoms with van der Waals surface area (Å²) in [6.07, 6.45) is -3.63. The maximum absolute atomic E-state index is 13.0. The van der Waals surface area contributed by atoms with E-state index in [0.29, 0.717) is 25.1 Å². The van der Waals surface area contributed by atoms with Crippen LogP contribution < -0.4 is 0 Å². The van der Waals surface area contributed by atoms with Crippen molar-refractivity contribution in [1.29, 1.82) is 0 Å². The number of piperidine rings is 1. The number of hydrogen-bond donors (Lipinski definition) is 0. The first-order chi connectivity index (χ1) is 10.9. The van der Waals surface area contributed by atoms with E-state index < -0.39 is 23.6 Å². The van der Waals surface area contributed by atoms with Gasteiger partial charge in [0.2, 0.25) is 0 Å². The highest BCUT2D eigenvalue weighted by atomic mass is 79.9. The minimum atomic E-state index is -4.52. The van der Waals surface area contributed by atoms with E-state index in [4.69, 9.17) is 4.74 Å². The predicted molar refractivity (Wildman–Crippen MR) is 85.7 cm³/mol. The first kappa shape index (κ1) is 19.1. The van der Waals surface area contributed by atoms with E-state index in [2.05, 4.69) is 21.0 Å². The summed E-state index contributed by atoms with van der Waals surface area (Å²) in [6, 6.07) is -0.307. The van der Waals surface area contributed by atoms with Crippen molar-refractivity contribution in [3.8, 4) is 0 Å². The molecule has 1 saturated heterocycles. The number of nitrogens with zero attached hydrogens (tertiary/aromatic N) is 3. The quantitative estimate of drug-likeness (QED) is 0.680. The molecule has 0 saturated carbocycles. The molecule has 1 amide bonds. The van der Waals surface area contributed by atoms with Crippen molar-refractivity contribution in [2.75, 3.05) is 13.1 Å². The number of rotatable bonds is 1. The molecule has 1 fully saturated rings. The van der Waals surface area contributed by atoms with Crippen molar-refractivity contribution in [3.63, 3.8) is 0 Å². The molecule has 1 aromatic heterocycles. The monoisotopic (exact) mass is 411 g/mol. The number of halogens is 4. The Kier molecular flexibility index (Phi) is 5.22. The Balaban J connectivity index is 2.20. The van der Waals surface area contributed by atoms with Crippen LogP contribution in [-0.2, 0) is 10.9 Å². The highest BCUT2D eigenvalue weighted by molar-refractivity contribution is 9.10. The van der Waals surface area contributed by atoms with Crippen LogP contribution in [0.5, 0.6) is 0 Å². The zero-order valence-corrected chi connectivity index (χ0v) is 15.7. The van der Waals surface area contributed by atoms with E-state index in [1.165, 1.54) is 9.58 Å². The lowest BCUT2D eigenvalue weighted by Crippen LogP contribution is -2.43. The molecule has 9 heteroatoms. The molecule has 1 atom stereocenters. The van der Waals surface area contributed by atoms with Gasteiger partial charge in [-0.1, -0.05) is 0 Å². The standard InChI is InChI=1S/C15H21BrF3N3O2/c1-9-11(16)12(15(17,18)19)20-22(9)10-6-5-7-21(8-10)13(23)24-14(2,3)4/h10H,5-8H2,1-4H3. The molecule has 2 rings (SSSR count). The topological polar surface area (TPSA) is 47.4 Å². The number of hydrogen-bond acceptors (Lipinski definition) is 3. The van der Waals surface area contributed by atoms with Crippen molar-refractivity contribution >= 4 is 22.0 Å². The molecule has 0 bridgehead atoms. The molecule has 5 nitrogen and oxygen atoms in total. The highest BCUT2D eigenvalue weighted by Gasteiger charge is 2.39. The van der Waals surface area contributed by atoms with Crippen LogP contribution in [0, 0.1) is 6.92 Å². The molecule has 24 heavy (non-hydrogen) atoms. The number of carbonyl (C=O) groups excluding carboxylic acids is 1. The lowest BCUT2D eigenvalue weighted by Gasteiger charge is -2.34. The average Bonchev–Trinajstić information content (AvgIpc) is 2.73. The van der Waals surface area contributed by atoms with Crippen LogP contribution in [-0.4, -0.2) is 39.5 Å². The van der Waals surface area contributed by atoms with Gasteiger partial charge in [-0.3, -0.25) is 4.68 Å². The summed E-state index contributed by atoms with van der Waals surface area (Å²) in [5.74, 6) is 0. The number of likely N-dealkylation sites (tertiary alicyclic amines) is 1. The maximum atomic E-state index is 13.0. The van der Waals surface area contributed by atoms with Gasteiger partial charge in [-0.05, 0) is 56.5 Å². The summed E-state index contributed by atoms with van der Waals surface area (Å²) in [4.78, 5) is 13.7. The van der Waals surface area contributed by atoms with Gasteiger partial charge in [0.15, 0.2) is 5.69 Å². The van der Waals surface area contributed by atoms with E-state index in [-0.39, 0.29) is 17.1 Å². The Labute approximate surface area is 147 Å². The number of ether oxygens (including phenoxy) is 1. The summed E-state index contributed by atoms with van der Waals surface area (Å²) in [5, 5.41) is 3.74. The van der Waals surface area contributed by atoms with E-state index in [1.54, 1.807) is 27.7 Å². The summed E-state index contributed by atoms with van der Waals surface area (Å²) < 4.78 is 45.7. The van der Waals surface area contributed by atoms with Gasteiger partial charge in [0.25, 0.3) is 0 Å². The van der Waals surface area contributed by atoms with Crippen LogP contribution in [0.15, 0.2) is 4.47 Å². The normalized spacial score (nSPS) is 19.5. The fraction of sp³-hybridized carbons (Fsp3) is 0.733. The maximum Gasteiger partial charge on any atom is 0.436 e. The van der Waals surface area contributed by atoms with Crippen molar-refractivity contribution < 1.29 is 22.7 Å². The van der Waals surface area contributed by atoms with E-state index in [0.717, 1.165) is 0 Å². The zero-order valence-electron chi connectivity index (χ0n) is 14.1. The van der Waals surface area contributed by atoms with Gasteiger partial charge in [0.1, 0.15) is 5.60 Å². The van der Waals surface area contributed by atoms with E-state index in [1.807, 2.05) is 0 Å². The minimum Gasteiger partial charge on any atom is -0.444 e. The van der Waals surface area contributed by atoms with Crippen molar-refractivity contribution in [2.45, 2.75) is 58.4 Å². The Bertz CT molecular complexity index is 623. The molecule has 0 aliphatic carbocycles. The average molecular weight is 412 g/mol. The Morgan fingerprint density at radius 3 is 2.46 bits per heavy atom. The van der Waals surface area contributed by atoms with Gasteiger partial charge < -0.3 is 9.64 Å².